The smallest absolute Gasteiger partial charge is 0.260 e. The van der Waals surface area contributed by atoms with Crippen LogP contribution in [0.15, 0.2) is 54.6 Å². The molecule has 2 aromatic rings. The molecule has 136 valence electrons. The van der Waals surface area contributed by atoms with Gasteiger partial charge in [0.25, 0.3) is 5.91 Å². The van der Waals surface area contributed by atoms with E-state index in [2.05, 4.69) is 0 Å². The number of benzene rings is 2. The van der Waals surface area contributed by atoms with Gasteiger partial charge in [-0.1, -0.05) is 30.3 Å². The Morgan fingerprint density at radius 3 is 2.15 bits per heavy atom. The molecule has 0 bridgehead atoms. The molecule has 0 unspecified atom stereocenters. The van der Waals surface area contributed by atoms with E-state index < -0.39 is 0 Å². The molecule has 0 N–H and O–H groups in total. The Bertz CT molecular complexity index is 747. The van der Waals surface area contributed by atoms with Crippen molar-refractivity contribution in [1.82, 2.24) is 4.90 Å². The van der Waals surface area contributed by atoms with Gasteiger partial charge in [0, 0.05) is 24.2 Å². The monoisotopic (exact) mass is 353 g/mol. The maximum atomic E-state index is 12.4. The third-order valence-electron chi connectivity index (χ3n) is 4.29. The van der Waals surface area contributed by atoms with Crippen molar-refractivity contribution in [2.75, 3.05) is 19.7 Å². The van der Waals surface area contributed by atoms with Crippen molar-refractivity contribution in [3.05, 3.63) is 65.7 Å². The summed E-state index contributed by atoms with van der Waals surface area (Å²) in [6, 6.07) is 16.0. The van der Waals surface area contributed by atoms with E-state index in [0.29, 0.717) is 30.0 Å². The lowest BCUT2D eigenvalue weighted by atomic mass is 10.0. The average Bonchev–Trinajstić information content (AvgIpc) is 2.66. The molecule has 5 nitrogen and oxygen atoms in total. The maximum absolute atomic E-state index is 12.4. The number of ether oxygens (including phenoxy) is 2. The van der Waals surface area contributed by atoms with Crippen LogP contribution in [0.5, 0.6) is 5.75 Å². The molecule has 26 heavy (non-hydrogen) atoms. The van der Waals surface area contributed by atoms with E-state index in [0.717, 1.165) is 0 Å². The second kappa shape index (κ2) is 8.15. The minimum Gasteiger partial charge on any atom is -0.484 e. The standard InChI is InChI=1S/C21H23NO4/c1-15-12-22(13-16(2)26-15)20(23)14-25-19-10-8-18(9-11-19)21(24)17-6-4-3-5-7-17/h3-11,15-16H,12-14H2,1-2H3/t15-,16+. The third kappa shape index (κ3) is 4.49. The molecule has 1 aliphatic rings. The highest BCUT2D eigenvalue weighted by Crippen LogP contribution is 2.16. The maximum Gasteiger partial charge on any atom is 0.260 e. The van der Waals surface area contributed by atoms with E-state index in [9.17, 15) is 9.59 Å². The highest BCUT2D eigenvalue weighted by molar-refractivity contribution is 6.08. The number of hydrogen-bond acceptors (Lipinski definition) is 4. The molecule has 0 spiro atoms. The number of rotatable bonds is 5. The van der Waals surface area contributed by atoms with E-state index in [-0.39, 0.29) is 30.5 Å². The van der Waals surface area contributed by atoms with Crippen molar-refractivity contribution < 1.29 is 19.1 Å². The van der Waals surface area contributed by atoms with Gasteiger partial charge in [0.05, 0.1) is 12.2 Å². The summed E-state index contributed by atoms with van der Waals surface area (Å²) in [4.78, 5) is 26.5. The lowest BCUT2D eigenvalue weighted by Crippen LogP contribution is -2.49. The van der Waals surface area contributed by atoms with Gasteiger partial charge in [-0.2, -0.15) is 0 Å². The minimum atomic E-state index is -0.0589. The van der Waals surface area contributed by atoms with Crippen LogP contribution in [0.2, 0.25) is 0 Å². The van der Waals surface area contributed by atoms with Crippen LogP contribution in [0.1, 0.15) is 29.8 Å². The van der Waals surface area contributed by atoms with Crippen LogP contribution >= 0.6 is 0 Å². The van der Waals surface area contributed by atoms with Gasteiger partial charge < -0.3 is 14.4 Å². The van der Waals surface area contributed by atoms with Gasteiger partial charge in [0.15, 0.2) is 12.4 Å². The molecule has 0 saturated carbocycles. The Labute approximate surface area is 153 Å². The Balaban J connectivity index is 1.56. The zero-order valence-corrected chi connectivity index (χ0v) is 15.1. The lowest BCUT2D eigenvalue weighted by Gasteiger charge is -2.35. The Kier molecular flexibility index (Phi) is 5.68. The normalized spacial score (nSPS) is 19.8. The SMILES string of the molecule is C[C@@H]1CN(C(=O)COc2ccc(C(=O)c3ccccc3)cc2)C[C@H](C)O1. The van der Waals surface area contributed by atoms with Crippen LogP contribution in [0.4, 0.5) is 0 Å². The fraction of sp³-hybridized carbons (Fsp3) is 0.333. The predicted molar refractivity (Wildman–Crippen MR) is 98.4 cm³/mol. The molecule has 5 heteroatoms. The van der Waals surface area contributed by atoms with Gasteiger partial charge in [0.1, 0.15) is 5.75 Å². The first-order valence-corrected chi connectivity index (χ1v) is 8.79. The van der Waals surface area contributed by atoms with Gasteiger partial charge in [-0.15, -0.1) is 0 Å². The Hall–Kier alpha value is -2.66. The first kappa shape index (κ1) is 18.1. The third-order valence-corrected chi connectivity index (χ3v) is 4.29. The molecule has 1 aliphatic heterocycles. The van der Waals surface area contributed by atoms with Crippen LogP contribution in [-0.4, -0.2) is 48.5 Å². The van der Waals surface area contributed by atoms with Gasteiger partial charge >= 0.3 is 0 Å². The zero-order valence-electron chi connectivity index (χ0n) is 15.1. The van der Waals surface area contributed by atoms with Crippen molar-refractivity contribution >= 4 is 11.7 Å². The van der Waals surface area contributed by atoms with E-state index in [1.54, 1.807) is 41.3 Å². The number of morpholine rings is 1. The number of amides is 1. The molecule has 0 radical (unpaired) electrons. The number of nitrogens with zero attached hydrogens (tertiary/aromatic N) is 1. The molecule has 0 aliphatic carbocycles. The molecule has 1 amide bonds. The largest absolute Gasteiger partial charge is 0.484 e. The van der Waals surface area contributed by atoms with Gasteiger partial charge in [-0.25, -0.2) is 0 Å². The first-order valence-electron chi connectivity index (χ1n) is 8.79. The zero-order chi connectivity index (χ0) is 18.5. The summed E-state index contributed by atoms with van der Waals surface area (Å²) < 4.78 is 11.2. The van der Waals surface area contributed by atoms with E-state index in [4.69, 9.17) is 9.47 Å². The second-order valence-corrected chi connectivity index (χ2v) is 6.56. The number of carbonyl (C=O) groups excluding carboxylic acids is 2. The molecule has 3 rings (SSSR count). The highest BCUT2D eigenvalue weighted by atomic mass is 16.5. The van der Waals surface area contributed by atoms with Crippen molar-refractivity contribution in [3.63, 3.8) is 0 Å². The van der Waals surface area contributed by atoms with Crippen molar-refractivity contribution in [1.29, 1.82) is 0 Å². The summed E-state index contributed by atoms with van der Waals surface area (Å²) in [5.41, 5.74) is 1.23. The summed E-state index contributed by atoms with van der Waals surface area (Å²) in [5, 5.41) is 0. The first-order chi connectivity index (χ1) is 12.5. The number of carbonyl (C=O) groups is 2. The number of hydrogen-bond donors (Lipinski definition) is 0. The summed E-state index contributed by atoms with van der Waals surface area (Å²) in [5.74, 6) is 0.471. The summed E-state index contributed by atoms with van der Waals surface area (Å²) in [6.07, 6.45) is 0.0666. The second-order valence-electron chi connectivity index (χ2n) is 6.56. The van der Waals surface area contributed by atoms with Crippen LogP contribution < -0.4 is 4.74 Å². The van der Waals surface area contributed by atoms with E-state index >= 15 is 0 Å². The molecule has 1 heterocycles. The topological polar surface area (TPSA) is 55.8 Å². The van der Waals surface area contributed by atoms with Gasteiger partial charge in [-0.3, -0.25) is 9.59 Å². The molecule has 2 aromatic carbocycles. The Morgan fingerprint density at radius 2 is 1.54 bits per heavy atom. The lowest BCUT2D eigenvalue weighted by molar-refractivity contribution is -0.145. The summed E-state index contributed by atoms with van der Waals surface area (Å²) in [7, 11) is 0. The molecule has 1 fully saturated rings. The minimum absolute atomic E-state index is 0.0224. The van der Waals surface area contributed by atoms with Crippen molar-refractivity contribution in [3.8, 4) is 5.75 Å². The van der Waals surface area contributed by atoms with Gasteiger partial charge in [-0.05, 0) is 38.1 Å². The summed E-state index contributed by atoms with van der Waals surface area (Å²) in [6.45, 7) is 5.05. The van der Waals surface area contributed by atoms with Gasteiger partial charge in [0.2, 0.25) is 0 Å². The summed E-state index contributed by atoms with van der Waals surface area (Å²) >= 11 is 0. The van der Waals surface area contributed by atoms with Crippen LogP contribution in [0, 0.1) is 0 Å². The molecule has 0 aromatic heterocycles. The van der Waals surface area contributed by atoms with E-state index in [1.165, 1.54) is 0 Å². The van der Waals surface area contributed by atoms with E-state index in [1.807, 2.05) is 32.0 Å². The van der Waals surface area contributed by atoms with Crippen LogP contribution in [0.25, 0.3) is 0 Å². The fourth-order valence-corrected chi connectivity index (χ4v) is 3.08. The Morgan fingerprint density at radius 1 is 0.962 bits per heavy atom. The van der Waals surface area contributed by atoms with Crippen molar-refractivity contribution in [2.45, 2.75) is 26.1 Å². The average molecular weight is 353 g/mol. The quantitative estimate of drug-likeness (QED) is 0.776. The van der Waals surface area contributed by atoms with Crippen LogP contribution in [-0.2, 0) is 9.53 Å². The van der Waals surface area contributed by atoms with Crippen LogP contribution in [0.3, 0.4) is 0 Å². The highest BCUT2D eigenvalue weighted by Gasteiger charge is 2.25. The number of ketones is 1. The van der Waals surface area contributed by atoms with Crippen molar-refractivity contribution in [2.24, 2.45) is 0 Å². The molecule has 1 saturated heterocycles. The predicted octanol–water partition coefficient (Wildman–Crippen LogP) is 2.93. The molecular formula is C21H23NO4. The molecule has 2 atom stereocenters. The molecular weight excluding hydrogens is 330 g/mol. The fourth-order valence-electron chi connectivity index (χ4n) is 3.08.